The van der Waals surface area contributed by atoms with Crippen LogP contribution < -0.4 is 4.74 Å². The Hall–Kier alpha value is -4.67. The lowest BCUT2D eigenvalue weighted by Crippen LogP contribution is -2.53. The van der Waals surface area contributed by atoms with Crippen molar-refractivity contribution in [3.05, 3.63) is 72.1 Å². The number of fused-ring (bicyclic) bond motifs is 1. The first kappa shape index (κ1) is 26.9. The van der Waals surface area contributed by atoms with Crippen molar-refractivity contribution in [3.8, 4) is 17.3 Å². The van der Waals surface area contributed by atoms with Crippen LogP contribution >= 0.6 is 0 Å². The molecule has 2 amide bonds. The van der Waals surface area contributed by atoms with E-state index < -0.39 is 23.8 Å². The van der Waals surface area contributed by atoms with Crippen molar-refractivity contribution >= 4 is 23.1 Å². The standard InChI is InChI=1S/C29H32N6O5/c1-29(2,3)40-27(36)34-14-15-35(28(37)39-18-19-10-6-5-7-11-19)23(17-34)25-31-24(32-33-25)21-16-20-12-8-9-13-22(20)30-26(21)38-4/h5-13,16,23H,14-15,17-18H2,1-4H3,(H,31,32,33)/t23-/m0/s1. The first-order valence-electron chi connectivity index (χ1n) is 13.0. The minimum atomic E-state index is -0.655. The van der Waals surface area contributed by atoms with Gasteiger partial charge < -0.3 is 24.1 Å². The number of pyridine rings is 1. The number of nitrogens with one attached hydrogen (secondary N) is 1. The number of H-pyrrole nitrogens is 1. The third-order valence-electron chi connectivity index (χ3n) is 6.43. The molecule has 0 unspecified atom stereocenters. The number of ether oxygens (including phenoxy) is 3. The Morgan fingerprint density at radius 1 is 1.00 bits per heavy atom. The number of aromatic nitrogens is 4. The van der Waals surface area contributed by atoms with E-state index in [-0.39, 0.29) is 26.2 Å². The molecule has 208 valence electrons. The van der Waals surface area contributed by atoms with Gasteiger partial charge in [0.15, 0.2) is 11.6 Å². The van der Waals surface area contributed by atoms with Crippen molar-refractivity contribution in [1.29, 1.82) is 0 Å². The summed E-state index contributed by atoms with van der Waals surface area (Å²) in [5.74, 6) is 1.21. The second kappa shape index (κ2) is 11.2. The number of methoxy groups -OCH3 is 1. The molecule has 5 rings (SSSR count). The third kappa shape index (κ3) is 5.98. The first-order valence-corrected chi connectivity index (χ1v) is 13.0. The van der Waals surface area contributed by atoms with Crippen LogP contribution in [-0.2, 0) is 16.1 Å². The van der Waals surface area contributed by atoms with Gasteiger partial charge in [0.05, 0.1) is 24.7 Å². The number of aromatic amines is 1. The molecule has 1 fully saturated rings. The van der Waals surface area contributed by atoms with Crippen LogP contribution in [0.15, 0.2) is 60.7 Å². The summed E-state index contributed by atoms with van der Waals surface area (Å²) in [6, 6.07) is 18.4. The van der Waals surface area contributed by atoms with E-state index in [1.165, 1.54) is 0 Å². The van der Waals surface area contributed by atoms with E-state index in [2.05, 4.69) is 20.2 Å². The molecule has 0 spiro atoms. The second-order valence-corrected chi connectivity index (χ2v) is 10.5. The quantitative estimate of drug-likeness (QED) is 0.374. The Morgan fingerprint density at radius 3 is 2.50 bits per heavy atom. The van der Waals surface area contributed by atoms with Crippen LogP contribution in [0.2, 0.25) is 0 Å². The summed E-state index contributed by atoms with van der Waals surface area (Å²) in [5.41, 5.74) is 1.63. The van der Waals surface area contributed by atoms with E-state index in [1.54, 1.807) is 16.9 Å². The lowest BCUT2D eigenvalue weighted by Gasteiger charge is -2.39. The molecule has 0 bridgehead atoms. The van der Waals surface area contributed by atoms with E-state index in [1.807, 2.05) is 81.4 Å². The average Bonchev–Trinajstić information content (AvgIpc) is 3.44. The third-order valence-corrected chi connectivity index (χ3v) is 6.43. The summed E-state index contributed by atoms with van der Waals surface area (Å²) in [4.78, 5) is 37.1. The Kier molecular flexibility index (Phi) is 7.54. The van der Waals surface area contributed by atoms with Crippen molar-refractivity contribution in [2.24, 2.45) is 0 Å². The molecule has 1 aliphatic rings. The zero-order valence-corrected chi connectivity index (χ0v) is 23.0. The number of hydrogen-bond acceptors (Lipinski definition) is 8. The van der Waals surface area contributed by atoms with Crippen LogP contribution in [0.25, 0.3) is 22.3 Å². The van der Waals surface area contributed by atoms with Crippen LogP contribution in [0, 0.1) is 0 Å². The van der Waals surface area contributed by atoms with Gasteiger partial charge in [-0.1, -0.05) is 48.5 Å². The van der Waals surface area contributed by atoms with Crippen LogP contribution in [0.4, 0.5) is 9.59 Å². The summed E-state index contributed by atoms with van der Waals surface area (Å²) >= 11 is 0. The lowest BCUT2D eigenvalue weighted by atomic mass is 10.1. The monoisotopic (exact) mass is 544 g/mol. The van der Waals surface area contributed by atoms with Crippen LogP contribution in [0.5, 0.6) is 5.88 Å². The van der Waals surface area contributed by atoms with E-state index >= 15 is 0 Å². The fourth-order valence-corrected chi connectivity index (χ4v) is 4.50. The van der Waals surface area contributed by atoms with E-state index in [0.717, 1.165) is 16.5 Å². The van der Waals surface area contributed by atoms with Gasteiger partial charge in [-0.25, -0.2) is 14.6 Å². The van der Waals surface area contributed by atoms with E-state index in [9.17, 15) is 9.59 Å². The van der Waals surface area contributed by atoms with Crippen molar-refractivity contribution in [2.45, 2.75) is 39.0 Å². The molecule has 1 saturated heterocycles. The zero-order chi connectivity index (χ0) is 28.3. The molecule has 1 aliphatic heterocycles. The smallest absolute Gasteiger partial charge is 0.410 e. The topological polar surface area (TPSA) is 123 Å². The molecule has 2 aromatic carbocycles. The van der Waals surface area contributed by atoms with E-state index in [0.29, 0.717) is 23.1 Å². The summed E-state index contributed by atoms with van der Waals surface area (Å²) in [6.07, 6.45) is -0.976. The molecule has 40 heavy (non-hydrogen) atoms. The molecule has 0 aliphatic carbocycles. The highest BCUT2D eigenvalue weighted by Crippen LogP contribution is 2.32. The van der Waals surface area contributed by atoms with Gasteiger partial charge in [0.1, 0.15) is 18.2 Å². The van der Waals surface area contributed by atoms with Gasteiger partial charge in [-0.3, -0.25) is 4.90 Å². The molecule has 4 aromatic rings. The van der Waals surface area contributed by atoms with Crippen molar-refractivity contribution in [3.63, 3.8) is 0 Å². The highest BCUT2D eigenvalue weighted by molar-refractivity contribution is 5.84. The molecule has 1 atom stereocenters. The number of carbonyl (C=O) groups excluding carboxylic acids is 2. The lowest BCUT2D eigenvalue weighted by molar-refractivity contribution is -0.000189. The largest absolute Gasteiger partial charge is 0.480 e. The van der Waals surface area contributed by atoms with Crippen molar-refractivity contribution in [1.82, 2.24) is 30.0 Å². The highest BCUT2D eigenvalue weighted by Gasteiger charge is 2.38. The molecule has 3 heterocycles. The maximum absolute atomic E-state index is 13.3. The average molecular weight is 545 g/mol. The molecular formula is C29H32N6O5. The maximum Gasteiger partial charge on any atom is 0.410 e. The fraction of sp³-hybridized carbons (Fsp3) is 0.345. The summed E-state index contributed by atoms with van der Waals surface area (Å²) in [7, 11) is 1.54. The first-order chi connectivity index (χ1) is 19.2. The van der Waals surface area contributed by atoms with Gasteiger partial charge in [0.2, 0.25) is 5.88 Å². The van der Waals surface area contributed by atoms with Crippen LogP contribution in [0.1, 0.15) is 38.2 Å². The number of piperazine rings is 1. The number of benzene rings is 2. The van der Waals surface area contributed by atoms with Gasteiger partial charge in [-0.05, 0) is 38.5 Å². The number of amides is 2. The van der Waals surface area contributed by atoms with Gasteiger partial charge >= 0.3 is 12.2 Å². The van der Waals surface area contributed by atoms with Gasteiger partial charge in [0.25, 0.3) is 0 Å². The Labute approximate surface area is 232 Å². The number of hydrogen-bond donors (Lipinski definition) is 1. The maximum atomic E-state index is 13.3. The molecule has 1 N–H and O–H groups in total. The zero-order valence-electron chi connectivity index (χ0n) is 23.0. The number of para-hydroxylation sites is 1. The Bertz CT molecular complexity index is 1500. The SMILES string of the molecule is COc1nc2ccccc2cc1-c1nnc([C@@H]2CN(C(=O)OC(C)(C)C)CCN2C(=O)OCc2ccccc2)[nH]1. The highest BCUT2D eigenvalue weighted by atomic mass is 16.6. The fourth-order valence-electron chi connectivity index (χ4n) is 4.50. The minimum absolute atomic E-state index is 0.125. The second-order valence-electron chi connectivity index (χ2n) is 10.5. The number of nitrogens with zero attached hydrogens (tertiary/aromatic N) is 5. The molecule has 0 radical (unpaired) electrons. The normalized spacial score (nSPS) is 15.7. The molecule has 0 saturated carbocycles. The van der Waals surface area contributed by atoms with Gasteiger partial charge in [-0.2, -0.15) is 0 Å². The summed E-state index contributed by atoms with van der Waals surface area (Å²) < 4.78 is 16.8. The predicted molar refractivity (Wildman–Crippen MR) is 148 cm³/mol. The molecule has 2 aromatic heterocycles. The van der Waals surface area contributed by atoms with Crippen molar-refractivity contribution in [2.75, 3.05) is 26.7 Å². The Balaban J connectivity index is 1.43. The Morgan fingerprint density at radius 2 is 1.75 bits per heavy atom. The van der Waals surface area contributed by atoms with Gasteiger partial charge in [0, 0.05) is 18.5 Å². The van der Waals surface area contributed by atoms with Gasteiger partial charge in [-0.15, -0.1) is 10.2 Å². The molecular weight excluding hydrogens is 512 g/mol. The van der Waals surface area contributed by atoms with Crippen LogP contribution in [-0.4, -0.2) is 74.5 Å². The number of rotatable bonds is 5. The molecule has 11 heteroatoms. The van der Waals surface area contributed by atoms with Crippen molar-refractivity contribution < 1.29 is 23.8 Å². The summed E-state index contributed by atoms with van der Waals surface area (Å²) in [5, 5.41) is 9.64. The van der Waals surface area contributed by atoms with E-state index in [4.69, 9.17) is 14.2 Å². The minimum Gasteiger partial charge on any atom is -0.480 e. The van der Waals surface area contributed by atoms with Crippen LogP contribution in [0.3, 0.4) is 0 Å². The predicted octanol–water partition coefficient (Wildman–Crippen LogP) is 4.96. The number of carbonyl (C=O) groups is 2. The summed E-state index contributed by atoms with van der Waals surface area (Å²) in [6.45, 7) is 6.23. The molecule has 11 nitrogen and oxygen atoms in total.